The second kappa shape index (κ2) is 9.52. The number of aromatic nitrogens is 1. The lowest BCUT2D eigenvalue weighted by molar-refractivity contribution is 0.0817. The molecule has 4 atom stereocenters. The number of halogens is 2. The van der Waals surface area contributed by atoms with Crippen molar-refractivity contribution in [2.75, 3.05) is 13.7 Å². The van der Waals surface area contributed by atoms with Crippen LogP contribution in [0.15, 0.2) is 52.8 Å². The second-order valence-electron chi connectivity index (χ2n) is 8.75. The first-order valence-electron chi connectivity index (χ1n) is 11.4. The lowest BCUT2D eigenvalue weighted by Gasteiger charge is -2.37. The van der Waals surface area contributed by atoms with E-state index in [1.165, 1.54) is 0 Å². The van der Waals surface area contributed by atoms with Gasteiger partial charge in [0.15, 0.2) is 10.8 Å². The Morgan fingerprint density at radius 1 is 1.15 bits per heavy atom. The van der Waals surface area contributed by atoms with Crippen LogP contribution >= 0.6 is 10.8 Å². The molecule has 2 aliphatic rings. The van der Waals surface area contributed by atoms with Gasteiger partial charge in [0.05, 0.1) is 25.0 Å². The standard InChI is InChI=1S/C26H27F2N2O3S/c1-15-29-24(14-34(15)32-2)16-4-3-5-17(10-16)26-20-8-7-19(33-13-25(27)28)12-21(20)22-11-18(31)6-9-23(22)30-26/h3-5,7-8,10,12,14,18,22-23,25,31H,6,9,11,13H2,1-2H3/q+1. The van der Waals surface area contributed by atoms with E-state index in [0.717, 1.165) is 45.1 Å². The van der Waals surface area contributed by atoms with Crippen molar-refractivity contribution in [2.24, 2.45) is 4.99 Å². The number of aliphatic hydroxyl groups excluding tert-OH is 1. The average molecular weight is 486 g/mol. The minimum absolute atomic E-state index is 0.0326. The third kappa shape index (κ3) is 4.50. The second-order valence-corrected chi connectivity index (χ2v) is 10.5. The van der Waals surface area contributed by atoms with Gasteiger partial charge in [0.25, 0.3) is 11.4 Å². The highest BCUT2D eigenvalue weighted by Gasteiger charge is 2.36. The summed E-state index contributed by atoms with van der Waals surface area (Å²) in [5.41, 5.74) is 5.68. The SMILES string of the molecule is CO[s+]1cc(-c2cccc(C3=NC4CCC(O)CC4c4cc(OCC(F)F)ccc43)c2)nc1C. The molecule has 0 saturated heterocycles. The number of aryl methyl sites for hydroxylation is 1. The third-order valence-electron chi connectivity index (χ3n) is 6.53. The van der Waals surface area contributed by atoms with Crippen LogP contribution in [-0.4, -0.2) is 48.1 Å². The molecule has 3 aromatic rings. The molecule has 1 aromatic heterocycles. The van der Waals surface area contributed by atoms with Crippen molar-refractivity contribution in [3.63, 3.8) is 0 Å². The van der Waals surface area contributed by atoms with Crippen LogP contribution in [0, 0.1) is 6.92 Å². The number of fused-ring (bicyclic) bond motifs is 3. The van der Waals surface area contributed by atoms with Gasteiger partial charge < -0.3 is 9.84 Å². The van der Waals surface area contributed by atoms with Crippen molar-refractivity contribution >= 4 is 16.5 Å². The van der Waals surface area contributed by atoms with Crippen molar-refractivity contribution in [2.45, 2.75) is 50.7 Å². The zero-order valence-corrected chi connectivity index (χ0v) is 19.9. The predicted octanol–water partition coefficient (Wildman–Crippen LogP) is 5.36. The molecule has 0 radical (unpaired) electrons. The van der Waals surface area contributed by atoms with Gasteiger partial charge in [0.2, 0.25) is 5.38 Å². The van der Waals surface area contributed by atoms with Crippen molar-refractivity contribution in [1.29, 1.82) is 0 Å². The fourth-order valence-corrected chi connectivity index (χ4v) is 6.04. The lowest BCUT2D eigenvalue weighted by atomic mass is 9.74. The van der Waals surface area contributed by atoms with E-state index in [2.05, 4.69) is 11.1 Å². The summed E-state index contributed by atoms with van der Waals surface area (Å²) in [7, 11) is 1.28. The van der Waals surface area contributed by atoms with Gasteiger partial charge in [-0.1, -0.05) is 18.2 Å². The Bertz CT molecular complexity index is 1230. The van der Waals surface area contributed by atoms with Crippen molar-refractivity contribution in [1.82, 2.24) is 4.98 Å². The van der Waals surface area contributed by atoms with Gasteiger partial charge in [0.1, 0.15) is 18.1 Å². The average Bonchev–Trinajstić information content (AvgIpc) is 3.23. The summed E-state index contributed by atoms with van der Waals surface area (Å²) in [5, 5.41) is 13.3. The maximum Gasteiger partial charge on any atom is 0.275 e. The number of nitrogens with zero attached hydrogens (tertiary/aromatic N) is 2. The van der Waals surface area contributed by atoms with Gasteiger partial charge in [-0.25, -0.2) is 8.78 Å². The molecule has 0 bridgehead atoms. The molecule has 0 amide bonds. The number of thiazole rings is 1. The van der Waals surface area contributed by atoms with Crippen molar-refractivity contribution in [3.8, 4) is 17.0 Å². The molecule has 4 unspecified atom stereocenters. The Balaban J connectivity index is 1.55. The fraction of sp³-hybridized carbons (Fsp3) is 0.385. The van der Waals surface area contributed by atoms with Crippen LogP contribution in [0.4, 0.5) is 8.78 Å². The highest BCUT2D eigenvalue weighted by atomic mass is 32.2. The minimum atomic E-state index is -2.53. The molecule has 1 saturated carbocycles. The number of hydrogen-bond donors (Lipinski definition) is 1. The van der Waals surface area contributed by atoms with Crippen LogP contribution in [0.2, 0.25) is 0 Å². The van der Waals surface area contributed by atoms with Crippen LogP contribution in [0.5, 0.6) is 5.75 Å². The molecule has 2 aromatic carbocycles. The molecule has 2 heterocycles. The summed E-state index contributed by atoms with van der Waals surface area (Å²) in [4.78, 5) is 9.82. The molecule has 1 fully saturated rings. The first kappa shape index (κ1) is 23.1. The Hall–Kier alpha value is -2.68. The Labute approximate surface area is 200 Å². The summed E-state index contributed by atoms with van der Waals surface area (Å²) in [6, 6.07) is 13.7. The number of hydrogen-bond acceptors (Lipinski definition) is 5. The topological polar surface area (TPSA) is 63.9 Å². The van der Waals surface area contributed by atoms with Gasteiger partial charge in [0, 0.05) is 29.5 Å². The molecule has 34 heavy (non-hydrogen) atoms. The van der Waals surface area contributed by atoms with E-state index in [0.29, 0.717) is 18.6 Å². The molecule has 178 valence electrons. The normalized spacial score (nSPS) is 22.2. The van der Waals surface area contributed by atoms with Crippen LogP contribution in [0.1, 0.15) is 46.9 Å². The van der Waals surface area contributed by atoms with Gasteiger partial charge in [-0.3, -0.25) is 4.99 Å². The first-order chi connectivity index (χ1) is 16.4. The van der Waals surface area contributed by atoms with Crippen LogP contribution in [0.3, 0.4) is 0 Å². The number of aliphatic hydroxyl groups is 1. The zero-order valence-electron chi connectivity index (χ0n) is 19.1. The summed E-state index contributed by atoms with van der Waals surface area (Å²) < 4.78 is 36.2. The highest BCUT2D eigenvalue weighted by molar-refractivity contribution is 7.25. The molecule has 8 heteroatoms. The Kier molecular flexibility index (Phi) is 6.46. The van der Waals surface area contributed by atoms with Crippen molar-refractivity contribution in [3.05, 3.63) is 69.5 Å². The molecular weight excluding hydrogens is 458 g/mol. The molecule has 1 aliphatic carbocycles. The monoisotopic (exact) mass is 485 g/mol. The largest absolute Gasteiger partial charge is 0.488 e. The maximum atomic E-state index is 12.7. The summed E-state index contributed by atoms with van der Waals surface area (Å²) >= 11 is 0. The van der Waals surface area contributed by atoms with E-state index < -0.39 is 23.8 Å². The number of aliphatic imine (C=N–C) groups is 1. The zero-order chi connectivity index (χ0) is 23.8. The molecule has 5 nitrogen and oxygen atoms in total. The van der Waals surface area contributed by atoms with Gasteiger partial charge in [-0.15, -0.1) is 0 Å². The Morgan fingerprint density at radius 3 is 2.74 bits per heavy atom. The number of alkyl halides is 2. The fourth-order valence-electron chi connectivity index (χ4n) is 4.95. The molecule has 0 spiro atoms. The van der Waals surface area contributed by atoms with Crippen LogP contribution in [-0.2, 0) is 0 Å². The number of ether oxygens (including phenoxy) is 1. The first-order valence-corrected chi connectivity index (χ1v) is 12.6. The molecule has 1 N–H and O–H groups in total. The molecular formula is C26H27F2N2O3S+. The van der Waals surface area contributed by atoms with Gasteiger partial charge in [-0.2, -0.15) is 9.17 Å². The lowest BCUT2D eigenvalue weighted by Crippen LogP contribution is -2.34. The predicted molar refractivity (Wildman–Crippen MR) is 129 cm³/mol. The molecule has 1 aliphatic heterocycles. The van der Waals surface area contributed by atoms with Gasteiger partial charge >= 0.3 is 0 Å². The summed E-state index contributed by atoms with van der Waals surface area (Å²) in [5.74, 6) is 0.453. The van der Waals surface area contributed by atoms with E-state index in [9.17, 15) is 13.9 Å². The maximum absolute atomic E-state index is 12.7. The summed E-state index contributed by atoms with van der Waals surface area (Å²) in [6.45, 7) is 1.32. The van der Waals surface area contributed by atoms with E-state index in [1.807, 2.05) is 42.6 Å². The van der Waals surface area contributed by atoms with E-state index in [4.69, 9.17) is 13.9 Å². The van der Waals surface area contributed by atoms with Crippen LogP contribution < -0.4 is 8.92 Å². The van der Waals surface area contributed by atoms with E-state index >= 15 is 0 Å². The van der Waals surface area contributed by atoms with Crippen LogP contribution in [0.25, 0.3) is 11.3 Å². The number of rotatable bonds is 6. The third-order valence-corrected chi connectivity index (χ3v) is 8.00. The van der Waals surface area contributed by atoms with Gasteiger partial charge in [-0.05, 0) is 49.1 Å². The van der Waals surface area contributed by atoms with Crippen molar-refractivity contribution < 1.29 is 22.8 Å². The molecule has 5 rings (SSSR count). The minimum Gasteiger partial charge on any atom is -0.488 e. The van der Waals surface area contributed by atoms with E-state index in [1.54, 1.807) is 13.2 Å². The smallest absolute Gasteiger partial charge is 0.275 e. The number of benzene rings is 2. The van der Waals surface area contributed by atoms with E-state index in [-0.39, 0.29) is 18.1 Å². The highest BCUT2D eigenvalue weighted by Crippen LogP contribution is 2.42. The Morgan fingerprint density at radius 2 is 1.97 bits per heavy atom. The summed E-state index contributed by atoms with van der Waals surface area (Å²) in [6.07, 6.45) is -0.830. The quantitative estimate of drug-likeness (QED) is 0.478.